The minimum absolute atomic E-state index is 0.540. The van der Waals surface area contributed by atoms with Crippen molar-refractivity contribution in [2.75, 3.05) is 0 Å². The van der Waals surface area contributed by atoms with Gasteiger partial charge < -0.3 is 0 Å². The van der Waals surface area contributed by atoms with Crippen LogP contribution in [0.2, 0.25) is 5.02 Å². The largest absolute Gasteiger partial charge is 0.255 e. The summed E-state index contributed by atoms with van der Waals surface area (Å²) in [4.78, 5) is 9.59. The van der Waals surface area contributed by atoms with Crippen LogP contribution in [0.4, 0.5) is 0 Å². The first-order valence-electron chi connectivity index (χ1n) is 9.97. The Morgan fingerprint density at radius 3 is 2.33 bits per heavy atom. The first kappa shape index (κ1) is 17.4. The fourth-order valence-electron chi connectivity index (χ4n) is 4.87. The second-order valence-corrected chi connectivity index (χ2v) is 7.97. The van der Waals surface area contributed by atoms with Crippen LogP contribution in [0.5, 0.6) is 0 Å². The van der Waals surface area contributed by atoms with Crippen LogP contribution in [0.15, 0.2) is 103 Å². The van der Waals surface area contributed by atoms with Gasteiger partial charge in [0.1, 0.15) is 0 Å². The van der Waals surface area contributed by atoms with Crippen molar-refractivity contribution in [1.29, 1.82) is 0 Å². The highest BCUT2D eigenvalue weighted by Crippen LogP contribution is 2.57. The molecule has 3 heteroatoms. The van der Waals surface area contributed by atoms with Crippen molar-refractivity contribution in [3.05, 3.63) is 131 Å². The number of hydrogen-bond donors (Lipinski definition) is 0. The predicted octanol–water partition coefficient (Wildman–Crippen LogP) is 6.65. The fraction of sp³-hybridized carbons (Fsp3) is 0.0370. The summed E-state index contributed by atoms with van der Waals surface area (Å²) in [6, 6.07) is 33.4. The van der Waals surface area contributed by atoms with Gasteiger partial charge in [-0.1, -0.05) is 78.3 Å². The third-order valence-electron chi connectivity index (χ3n) is 6.07. The van der Waals surface area contributed by atoms with Gasteiger partial charge in [-0.05, 0) is 52.6 Å². The Bertz CT molecular complexity index is 1410. The summed E-state index contributed by atoms with van der Waals surface area (Å²) in [5.74, 6) is 0. The number of nitrogens with zero attached hydrogens (tertiary/aromatic N) is 2. The van der Waals surface area contributed by atoms with Crippen LogP contribution >= 0.6 is 11.6 Å². The lowest BCUT2D eigenvalue weighted by atomic mass is 9.70. The van der Waals surface area contributed by atoms with Crippen molar-refractivity contribution in [1.82, 2.24) is 9.97 Å². The van der Waals surface area contributed by atoms with Crippen molar-refractivity contribution >= 4 is 22.6 Å². The van der Waals surface area contributed by atoms with Gasteiger partial charge in [0, 0.05) is 16.8 Å². The normalized spacial score (nSPS) is 17.0. The molecule has 0 N–H and O–H groups in total. The molecule has 0 radical (unpaired) electrons. The molecule has 2 nitrogen and oxygen atoms in total. The molecule has 0 saturated heterocycles. The first-order chi connectivity index (χ1) is 14.8. The van der Waals surface area contributed by atoms with Crippen molar-refractivity contribution in [2.45, 2.75) is 5.41 Å². The molecule has 1 unspecified atom stereocenters. The maximum atomic E-state index is 6.76. The highest BCUT2D eigenvalue weighted by atomic mass is 35.5. The number of halogens is 1. The minimum Gasteiger partial charge on any atom is -0.255 e. The molecule has 5 aromatic rings. The molecule has 3 aromatic carbocycles. The van der Waals surface area contributed by atoms with E-state index in [0.717, 1.165) is 38.4 Å². The number of pyridine rings is 2. The van der Waals surface area contributed by atoms with Crippen LogP contribution in [0, 0.1) is 0 Å². The quantitative estimate of drug-likeness (QED) is 0.323. The number of aromatic nitrogens is 2. The molecule has 142 valence electrons. The van der Waals surface area contributed by atoms with Crippen molar-refractivity contribution in [3.8, 4) is 11.1 Å². The Morgan fingerprint density at radius 2 is 1.43 bits per heavy atom. The van der Waals surface area contributed by atoms with Gasteiger partial charge >= 0.3 is 0 Å². The monoisotopic (exact) mass is 404 g/mol. The minimum atomic E-state index is -0.540. The maximum absolute atomic E-state index is 6.76. The molecule has 6 rings (SSSR count). The lowest BCUT2D eigenvalue weighted by molar-refractivity contribution is 0.739. The SMILES string of the molecule is Clc1cccc2c1-c1ccccc1C2(c1ccccc1)c1ccc2ncccc2n1. The Kier molecular flexibility index (Phi) is 3.77. The fourth-order valence-corrected chi connectivity index (χ4v) is 5.15. The Morgan fingerprint density at radius 1 is 0.633 bits per heavy atom. The van der Waals surface area contributed by atoms with Crippen LogP contribution in [-0.2, 0) is 5.41 Å². The topological polar surface area (TPSA) is 25.8 Å². The van der Waals surface area contributed by atoms with E-state index in [1.807, 2.05) is 24.3 Å². The molecule has 0 fully saturated rings. The molecule has 0 bridgehead atoms. The van der Waals surface area contributed by atoms with E-state index in [-0.39, 0.29) is 0 Å². The summed E-state index contributed by atoms with van der Waals surface area (Å²) in [5.41, 5.74) is 8.01. The van der Waals surface area contributed by atoms with E-state index in [2.05, 4.69) is 77.8 Å². The molecule has 2 aromatic heterocycles. The van der Waals surface area contributed by atoms with Gasteiger partial charge in [-0.2, -0.15) is 0 Å². The van der Waals surface area contributed by atoms with Gasteiger partial charge in [-0.15, -0.1) is 0 Å². The zero-order valence-corrected chi connectivity index (χ0v) is 16.8. The standard InChI is InChI=1S/C27H17ClN2/c28-22-13-6-12-21-26(22)19-10-4-5-11-20(19)27(21,18-8-2-1-3-9-18)25-16-15-23-24(30-25)14-7-17-29-23/h1-17H. The number of rotatable bonds is 2. The highest BCUT2D eigenvalue weighted by molar-refractivity contribution is 6.34. The van der Waals surface area contributed by atoms with Crippen molar-refractivity contribution in [2.24, 2.45) is 0 Å². The van der Waals surface area contributed by atoms with Crippen LogP contribution in [0.3, 0.4) is 0 Å². The Labute approximate surface area is 179 Å². The van der Waals surface area contributed by atoms with Gasteiger partial charge in [0.2, 0.25) is 0 Å². The first-order valence-corrected chi connectivity index (χ1v) is 10.3. The summed E-state index contributed by atoms with van der Waals surface area (Å²) in [7, 11) is 0. The Balaban J connectivity index is 1.81. The van der Waals surface area contributed by atoms with Crippen LogP contribution in [0.25, 0.3) is 22.2 Å². The number of benzene rings is 3. The van der Waals surface area contributed by atoms with Gasteiger partial charge in [-0.3, -0.25) is 4.98 Å². The van der Waals surface area contributed by atoms with Gasteiger partial charge in [0.05, 0.1) is 22.1 Å². The lowest BCUT2D eigenvalue weighted by Gasteiger charge is -2.32. The molecule has 1 atom stereocenters. The van der Waals surface area contributed by atoms with Crippen LogP contribution in [-0.4, -0.2) is 9.97 Å². The third-order valence-corrected chi connectivity index (χ3v) is 6.38. The van der Waals surface area contributed by atoms with Crippen LogP contribution < -0.4 is 0 Å². The molecule has 0 spiro atoms. The van der Waals surface area contributed by atoms with E-state index >= 15 is 0 Å². The molecule has 0 amide bonds. The third kappa shape index (κ3) is 2.25. The summed E-state index contributed by atoms with van der Waals surface area (Å²) >= 11 is 6.76. The summed E-state index contributed by atoms with van der Waals surface area (Å²) < 4.78 is 0. The zero-order chi connectivity index (χ0) is 20.1. The highest BCUT2D eigenvalue weighted by Gasteiger charge is 2.47. The van der Waals surface area contributed by atoms with Gasteiger partial charge in [0.15, 0.2) is 0 Å². The molecule has 1 aliphatic rings. The molecular weight excluding hydrogens is 388 g/mol. The van der Waals surface area contributed by atoms with Crippen molar-refractivity contribution < 1.29 is 0 Å². The second-order valence-electron chi connectivity index (χ2n) is 7.56. The van der Waals surface area contributed by atoms with Gasteiger partial charge in [0.25, 0.3) is 0 Å². The summed E-state index contributed by atoms with van der Waals surface area (Å²) in [6.07, 6.45) is 1.80. The van der Waals surface area contributed by atoms with E-state index in [9.17, 15) is 0 Å². The van der Waals surface area contributed by atoms with Crippen LogP contribution in [0.1, 0.15) is 22.4 Å². The van der Waals surface area contributed by atoms with E-state index in [1.54, 1.807) is 6.20 Å². The number of hydrogen-bond acceptors (Lipinski definition) is 2. The summed E-state index contributed by atoms with van der Waals surface area (Å²) in [6.45, 7) is 0. The second kappa shape index (κ2) is 6.51. The average molecular weight is 405 g/mol. The summed E-state index contributed by atoms with van der Waals surface area (Å²) in [5, 5.41) is 0.764. The van der Waals surface area contributed by atoms with Gasteiger partial charge in [-0.25, -0.2) is 4.98 Å². The van der Waals surface area contributed by atoms with Crippen molar-refractivity contribution in [3.63, 3.8) is 0 Å². The lowest BCUT2D eigenvalue weighted by Crippen LogP contribution is -2.29. The predicted molar refractivity (Wildman–Crippen MR) is 122 cm³/mol. The maximum Gasteiger partial charge on any atom is 0.0890 e. The molecule has 0 aliphatic heterocycles. The smallest absolute Gasteiger partial charge is 0.0890 e. The molecular formula is C27H17ClN2. The average Bonchev–Trinajstić information content (AvgIpc) is 3.12. The molecule has 1 aliphatic carbocycles. The van der Waals surface area contributed by atoms with E-state index < -0.39 is 5.41 Å². The molecule has 0 saturated carbocycles. The van der Waals surface area contributed by atoms with E-state index in [4.69, 9.17) is 16.6 Å². The molecule has 30 heavy (non-hydrogen) atoms. The Hall–Kier alpha value is -3.49. The number of fused-ring (bicyclic) bond motifs is 4. The molecule has 2 heterocycles. The van der Waals surface area contributed by atoms with E-state index in [0.29, 0.717) is 0 Å². The zero-order valence-electron chi connectivity index (χ0n) is 16.1. The van der Waals surface area contributed by atoms with E-state index in [1.165, 1.54) is 11.1 Å².